The first kappa shape index (κ1) is 11.7. The average Bonchev–Trinajstić information content (AvgIpc) is 2.59. The number of rotatable bonds is 4. The highest BCUT2D eigenvalue weighted by atomic mass is 16.4. The van der Waals surface area contributed by atoms with Gasteiger partial charge in [-0.2, -0.15) is 0 Å². The molecule has 0 aromatic heterocycles. The van der Waals surface area contributed by atoms with E-state index in [0.717, 1.165) is 0 Å². The van der Waals surface area contributed by atoms with E-state index in [1.807, 2.05) is 0 Å². The van der Waals surface area contributed by atoms with Crippen LogP contribution >= 0.6 is 0 Å². The van der Waals surface area contributed by atoms with E-state index in [-0.39, 0.29) is 12.5 Å². The SMILES string of the molecule is C=CCCC(=O)N1CCC(N)(C(=O)O)C1. The second kappa shape index (κ2) is 4.44. The van der Waals surface area contributed by atoms with Crippen LogP contribution < -0.4 is 5.73 Å². The zero-order valence-electron chi connectivity index (χ0n) is 8.61. The average molecular weight is 212 g/mol. The first-order valence-electron chi connectivity index (χ1n) is 4.90. The molecular weight excluding hydrogens is 196 g/mol. The van der Waals surface area contributed by atoms with Crippen LogP contribution in [0.15, 0.2) is 12.7 Å². The van der Waals surface area contributed by atoms with Crippen molar-refractivity contribution in [3.63, 3.8) is 0 Å². The van der Waals surface area contributed by atoms with Gasteiger partial charge in [-0.25, -0.2) is 0 Å². The molecule has 1 aliphatic rings. The molecule has 1 saturated heterocycles. The molecule has 0 aromatic rings. The molecule has 0 saturated carbocycles. The molecule has 15 heavy (non-hydrogen) atoms. The molecule has 1 unspecified atom stereocenters. The maximum absolute atomic E-state index is 11.5. The molecule has 5 nitrogen and oxygen atoms in total. The standard InChI is InChI=1S/C10H16N2O3/c1-2-3-4-8(13)12-6-5-10(11,7-12)9(14)15/h2H,1,3-7,11H2,(H,14,15). The van der Waals surface area contributed by atoms with Crippen molar-refractivity contribution >= 4 is 11.9 Å². The lowest BCUT2D eigenvalue weighted by molar-refractivity contribution is -0.143. The Labute approximate surface area is 88.5 Å². The topological polar surface area (TPSA) is 83.6 Å². The van der Waals surface area contributed by atoms with Crippen LogP contribution in [0.3, 0.4) is 0 Å². The summed E-state index contributed by atoms with van der Waals surface area (Å²) in [6.45, 7) is 4.07. The minimum Gasteiger partial charge on any atom is -0.480 e. The largest absolute Gasteiger partial charge is 0.480 e. The summed E-state index contributed by atoms with van der Waals surface area (Å²) < 4.78 is 0. The maximum atomic E-state index is 11.5. The molecular formula is C10H16N2O3. The van der Waals surface area contributed by atoms with E-state index in [2.05, 4.69) is 6.58 Å². The van der Waals surface area contributed by atoms with Crippen LogP contribution in [0.1, 0.15) is 19.3 Å². The number of allylic oxidation sites excluding steroid dienone is 1. The van der Waals surface area contributed by atoms with Crippen molar-refractivity contribution in [2.24, 2.45) is 5.73 Å². The number of aliphatic carboxylic acids is 1. The maximum Gasteiger partial charge on any atom is 0.325 e. The first-order valence-corrected chi connectivity index (χ1v) is 4.90. The summed E-state index contributed by atoms with van der Waals surface area (Å²) >= 11 is 0. The normalized spacial score (nSPS) is 25.3. The van der Waals surface area contributed by atoms with Gasteiger partial charge in [-0.15, -0.1) is 6.58 Å². The smallest absolute Gasteiger partial charge is 0.325 e. The van der Waals surface area contributed by atoms with Gasteiger partial charge in [0.25, 0.3) is 0 Å². The van der Waals surface area contributed by atoms with Gasteiger partial charge in [0.05, 0.1) is 0 Å². The van der Waals surface area contributed by atoms with Gasteiger partial charge in [-0.3, -0.25) is 9.59 Å². The summed E-state index contributed by atoms with van der Waals surface area (Å²) in [4.78, 5) is 23.9. The summed E-state index contributed by atoms with van der Waals surface area (Å²) in [6.07, 6.45) is 2.97. The summed E-state index contributed by atoms with van der Waals surface area (Å²) in [6, 6.07) is 0. The molecule has 1 amide bonds. The van der Waals surface area contributed by atoms with Gasteiger partial charge >= 0.3 is 5.97 Å². The summed E-state index contributed by atoms with van der Waals surface area (Å²) in [5.74, 6) is -1.09. The van der Waals surface area contributed by atoms with Gasteiger partial charge < -0.3 is 15.7 Å². The van der Waals surface area contributed by atoms with Crippen LogP contribution in [-0.2, 0) is 9.59 Å². The van der Waals surface area contributed by atoms with Gasteiger partial charge in [0.2, 0.25) is 5.91 Å². The molecule has 0 aromatic carbocycles. The fourth-order valence-electron chi connectivity index (χ4n) is 1.60. The molecule has 0 bridgehead atoms. The Morgan fingerprint density at radius 3 is 2.73 bits per heavy atom. The second-order valence-electron chi connectivity index (χ2n) is 3.85. The third-order valence-electron chi connectivity index (χ3n) is 2.64. The molecule has 3 N–H and O–H groups in total. The number of nitrogens with zero attached hydrogens (tertiary/aromatic N) is 1. The van der Waals surface area contributed by atoms with Crippen LogP contribution in [0.25, 0.3) is 0 Å². The first-order chi connectivity index (χ1) is 6.99. The molecule has 1 aliphatic heterocycles. The van der Waals surface area contributed by atoms with Crippen molar-refractivity contribution in [1.29, 1.82) is 0 Å². The summed E-state index contributed by atoms with van der Waals surface area (Å²) in [5, 5.41) is 8.87. The molecule has 84 valence electrons. The molecule has 5 heteroatoms. The highest BCUT2D eigenvalue weighted by molar-refractivity contribution is 5.83. The van der Waals surface area contributed by atoms with E-state index in [1.165, 1.54) is 4.90 Å². The summed E-state index contributed by atoms with van der Waals surface area (Å²) in [7, 11) is 0. The van der Waals surface area contributed by atoms with E-state index < -0.39 is 11.5 Å². The lowest BCUT2D eigenvalue weighted by Crippen LogP contribution is -2.50. The Hall–Kier alpha value is -1.36. The van der Waals surface area contributed by atoms with Crippen LogP contribution in [0.5, 0.6) is 0 Å². The van der Waals surface area contributed by atoms with Gasteiger partial charge in [-0.1, -0.05) is 6.08 Å². The molecule has 0 aliphatic carbocycles. The Balaban J connectivity index is 2.52. The van der Waals surface area contributed by atoms with Crippen molar-refractivity contribution in [1.82, 2.24) is 4.90 Å². The van der Waals surface area contributed by atoms with Gasteiger partial charge in [-0.05, 0) is 12.8 Å². The molecule has 0 spiro atoms. The van der Waals surface area contributed by atoms with Crippen molar-refractivity contribution in [2.45, 2.75) is 24.8 Å². The number of carboxylic acids is 1. The lowest BCUT2D eigenvalue weighted by Gasteiger charge is -2.19. The molecule has 1 rings (SSSR count). The number of hydrogen-bond donors (Lipinski definition) is 2. The Morgan fingerprint density at radius 1 is 1.60 bits per heavy atom. The third-order valence-corrected chi connectivity index (χ3v) is 2.64. The van der Waals surface area contributed by atoms with Crippen molar-refractivity contribution in [3.05, 3.63) is 12.7 Å². The molecule has 1 fully saturated rings. The zero-order valence-corrected chi connectivity index (χ0v) is 8.61. The van der Waals surface area contributed by atoms with E-state index in [0.29, 0.717) is 25.8 Å². The van der Waals surface area contributed by atoms with Crippen molar-refractivity contribution in [2.75, 3.05) is 13.1 Å². The number of hydrogen-bond acceptors (Lipinski definition) is 3. The number of carbonyl (C=O) groups excluding carboxylic acids is 1. The summed E-state index contributed by atoms with van der Waals surface area (Å²) in [5.41, 5.74) is 4.39. The number of likely N-dealkylation sites (tertiary alicyclic amines) is 1. The van der Waals surface area contributed by atoms with Gasteiger partial charge in [0, 0.05) is 19.5 Å². The third kappa shape index (κ3) is 2.56. The minimum atomic E-state index is -1.26. The van der Waals surface area contributed by atoms with E-state index >= 15 is 0 Å². The van der Waals surface area contributed by atoms with E-state index in [4.69, 9.17) is 10.8 Å². The van der Waals surface area contributed by atoms with Crippen LogP contribution in [0.4, 0.5) is 0 Å². The van der Waals surface area contributed by atoms with Crippen molar-refractivity contribution in [3.8, 4) is 0 Å². The monoisotopic (exact) mass is 212 g/mol. The van der Waals surface area contributed by atoms with Crippen LogP contribution in [-0.4, -0.2) is 40.5 Å². The number of amides is 1. The highest BCUT2D eigenvalue weighted by Gasteiger charge is 2.42. The van der Waals surface area contributed by atoms with E-state index in [1.54, 1.807) is 6.08 Å². The highest BCUT2D eigenvalue weighted by Crippen LogP contribution is 2.19. The lowest BCUT2D eigenvalue weighted by atomic mass is 10.0. The predicted octanol–water partition coefficient (Wildman–Crippen LogP) is -0.0330. The zero-order chi connectivity index (χ0) is 11.5. The Kier molecular flexibility index (Phi) is 3.47. The van der Waals surface area contributed by atoms with Gasteiger partial charge in [0.15, 0.2) is 0 Å². The fourth-order valence-corrected chi connectivity index (χ4v) is 1.60. The number of carboxylic acid groups (broad SMARTS) is 1. The number of nitrogens with two attached hydrogens (primary N) is 1. The molecule has 1 atom stereocenters. The second-order valence-corrected chi connectivity index (χ2v) is 3.85. The van der Waals surface area contributed by atoms with Crippen molar-refractivity contribution < 1.29 is 14.7 Å². The van der Waals surface area contributed by atoms with Gasteiger partial charge in [0.1, 0.15) is 5.54 Å². The Morgan fingerprint density at radius 2 is 2.27 bits per heavy atom. The fraction of sp³-hybridized carbons (Fsp3) is 0.600. The minimum absolute atomic E-state index is 0.0523. The predicted molar refractivity (Wildman–Crippen MR) is 55.2 cm³/mol. The quantitative estimate of drug-likeness (QED) is 0.641. The molecule has 0 radical (unpaired) electrons. The van der Waals surface area contributed by atoms with Crippen LogP contribution in [0, 0.1) is 0 Å². The van der Waals surface area contributed by atoms with Crippen LogP contribution in [0.2, 0.25) is 0 Å². The molecule has 1 heterocycles. The van der Waals surface area contributed by atoms with E-state index in [9.17, 15) is 9.59 Å². The number of carbonyl (C=O) groups is 2. The Bertz CT molecular complexity index is 290.